The standard InChI is InChI=1S/C14H10Cl2NO/c15-12-6-7-14(13(16)8-12)17(10-18)9-11-4-2-1-3-5-11/h1-8H,9H2. The molecule has 0 fully saturated rings. The molecule has 0 aliphatic heterocycles. The quantitative estimate of drug-likeness (QED) is 0.772. The SMILES string of the molecule is O=[C]N(Cc1ccccc1)c1ccc(Cl)cc1Cl. The predicted molar refractivity (Wildman–Crippen MR) is 74.8 cm³/mol. The van der Waals surface area contributed by atoms with Crippen molar-refractivity contribution in [2.24, 2.45) is 0 Å². The summed E-state index contributed by atoms with van der Waals surface area (Å²) in [5, 5.41) is 0.969. The molecular weight excluding hydrogens is 269 g/mol. The second-order valence-corrected chi connectivity index (χ2v) is 4.60. The van der Waals surface area contributed by atoms with Gasteiger partial charge in [-0.05, 0) is 23.8 Å². The van der Waals surface area contributed by atoms with Crippen LogP contribution in [0.4, 0.5) is 5.69 Å². The van der Waals surface area contributed by atoms with E-state index in [9.17, 15) is 4.79 Å². The first-order valence-corrected chi connectivity index (χ1v) is 6.10. The monoisotopic (exact) mass is 278 g/mol. The average molecular weight is 279 g/mol. The molecule has 0 aliphatic carbocycles. The zero-order chi connectivity index (χ0) is 13.0. The molecule has 0 aliphatic rings. The molecule has 0 aromatic heterocycles. The Morgan fingerprint density at radius 2 is 1.78 bits per heavy atom. The molecule has 18 heavy (non-hydrogen) atoms. The molecule has 0 unspecified atom stereocenters. The van der Waals surface area contributed by atoms with Crippen molar-refractivity contribution in [3.05, 3.63) is 64.1 Å². The van der Waals surface area contributed by atoms with Crippen molar-refractivity contribution in [2.45, 2.75) is 6.54 Å². The van der Waals surface area contributed by atoms with Crippen molar-refractivity contribution in [3.8, 4) is 0 Å². The second-order valence-electron chi connectivity index (χ2n) is 3.76. The number of hydrogen-bond acceptors (Lipinski definition) is 1. The molecule has 2 rings (SSSR count). The summed E-state index contributed by atoms with van der Waals surface area (Å²) >= 11 is 11.9. The molecule has 0 saturated heterocycles. The fraction of sp³-hybridized carbons (Fsp3) is 0.0714. The minimum absolute atomic E-state index is 0.422. The Kier molecular flexibility index (Phi) is 4.24. The zero-order valence-corrected chi connectivity index (χ0v) is 10.9. The van der Waals surface area contributed by atoms with Crippen LogP contribution >= 0.6 is 23.2 Å². The zero-order valence-electron chi connectivity index (χ0n) is 9.44. The maximum atomic E-state index is 11.1. The van der Waals surface area contributed by atoms with Crippen LogP contribution in [0.5, 0.6) is 0 Å². The van der Waals surface area contributed by atoms with E-state index < -0.39 is 0 Å². The number of halogens is 2. The van der Waals surface area contributed by atoms with Crippen LogP contribution in [0.2, 0.25) is 10.0 Å². The number of carbonyl (C=O) groups excluding carboxylic acids is 1. The highest BCUT2D eigenvalue weighted by Gasteiger charge is 2.11. The first-order valence-electron chi connectivity index (χ1n) is 5.35. The lowest BCUT2D eigenvalue weighted by Gasteiger charge is -2.18. The molecule has 0 saturated carbocycles. The Hall–Kier alpha value is -1.51. The third kappa shape index (κ3) is 3.03. The first-order chi connectivity index (χ1) is 8.70. The molecule has 1 radical (unpaired) electrons. The molecule has 0 N–H and O–H groups in total. The van der Waals surface area contributed by atoms with Crippen molar-refractivity contribution < 1.29 is 4.79 Å². The van der Waals surface area contributed by atoms with Crippen LogP contribution in [-0.2, 0) is 11.3 Å². The van der Waals surface area contributed by atoms with E-state index >= 15 is 0 Å². The lowest BCUT2D eigenvalue weighted by atomic mass is 10.2. The van der Waals surface area contributed by atoms with Crippen molar-refractivity contribution in [3.63, 3.8) is 0 Å². The van der Waals surface area contributed by atoms with Gasteiger partial charge in [0.2, 0.25) is 0 Å². The fourth-order valence-corrected chi connectivity index (χ4v) is 2.14. The normalized spacial score (nSPS) is 10.1. The molecule has 2 aromatic rings. The molecule has 4 heteroatoms. The maximum absolute atomic E-state index is 11.1. The van der Waals surface area contributed by atoms with Crippen LogP contribution in [0.3, 0.4) is 0 Å². The molecule has 0 heterocycles. The van der Waals surface area contributed by atoms with Gasteiger partial charge in [0.15, 0.2) is 0 Å². The van der Waals surface area contributed by atoms with Gasteiger partial charge in [-0.2, -0.15) is 0 Å². The smallest absolute Gasteiger partial charge is 0.298 e. The number of nitrogens with zero attached hydrogens (tertiary/aromatic N) is 1. The van der Waals surface area contributed by atoms with Gasteiger partial charge in [-0.25, -0.2) is 0 Å². The molecule has 2 aromatic carbocycles. The van der Waals surface area contributed by atoms with E-state index in [1.54, 1.807) is 18.2 Å². The molecule has 91 valence electrons. The third-order valence-corrected chi connectivity index (χ3v) is 3.03. The van der Waals surface area contributed by atoms with Crippen molar-refractivity contribution in [1.82, 2.24) is 0 Å². The number of amides is 1. The predicted octanol–water partition coefficient (Wildman–Crippen LogP) is 4.07. The number of anilines is 1. The topological polar surface area (TPSA) is 20.3 Å². The van der Waals surface area contributed by atoms with Gasteiger partial charge in [-0.3, -0.25) is 9.69 Å². The van der Waals surface area contributed by atoms with Crippen LogP contribution < -0.4 is 4.90 Å². The number of benzene rings is 2. The molecule has 0 spiro atoms. The molecule has 2 nitrogen and oxygen atoms in total. The molecule has 0 bridgehead atoms. The summed E-state index contributed by atoms with van der Waals surface area (Å²) in [6.45, 7) is 0.422. The highest BCUT2D eigenvalue weighted by atomic mass is 35.5. The molecule has 0 atom stereocenters. The Morgan fingerprint density at radius 3 is 2.39 bits per heavy atom. The first kappa shape index (κ1) is 12.9. The molecule has 1 amide bonds. The Labute approximate surface area is 116 Å². The van der Waals surface area contributed by atoms with Gasteiger partial charge in [-0.15, -0.1) is 0 Å². The van der Waals surface area contributed by atoms with E-state index in [1.807, 2.05) is 36.7 Å². The van der Waals surface area contributed by atoms with E-state index in [2.05, 4.69) is 0 Å². The lowest BCUT2D eigenvalue weighted by Crippen LogP contribution is -2.20. The van der Waals surface area contributed by atoms with Crippen LogP contribution in [0.1, 0.15) is 5.56 Å². The Balaban J connectivity index is 2.26. The van der Waals surface area contributed by atoms with E-state index in [-0.39, 0.29) is 0 Å². The van der Waals surface area contributed by atoms with Gasteiger partial charge in [0.05, 0.1) is 17.3 Å². The van der Waals surface area contributed by atoms with Gasteiger partial charge in [0.25, 0.3) is 0 Å². The second kappa shape index (κ2) is 5.89. The van der Waals surface area contributed by atoms with Gasteiger partial charge in [0, 0.05) is 5.02 Å². The summed E-state index contributed by atoms with van der Waals surface area (Å²) in [7, 11) is 0. The highest BCUT2D eigenvalue weighted by Crippen LogP contribution is 2.29. The maximum Gasteiger partial charge on any atom is 0.317 e. The minimum Gasteiger partial charge on any atom is -0.298 e. The third-order valence-electron chi connectivity index (χ3n) is 2.49. The number of rotatable bonds is 4. The minimum atomic E-state index is 0.422. The Bertz CT molecular complexity index is 543. The summed E-state index contributed by atoms with van der Waals surface area (Å²) in [4.78, 5) is 12.5. The summed E-state index contributed by atoms with van der Waals surface area (Å²) in [6, 6.07) is 14.6. The van der Waals surface area contributed by atoms with Crippen molar-refractivity contribution >= 4 is 35.3 Å². The van der Waals surface area contributed by atoms with Gasteiger partial charge in [-0.1, -0.05) is 53.5 Å². The summed E-state index contributed by atoms with van der Waals surface area (Å²) in [5.74, 6) is 0. The van der Waals surface area contributed by atoms with Crippen molar-refractivity contribution in [2.75, 3.05) is 4.90 Å². The summed E-state index contributed by atoms with van der Waals surface area (Å²) in [5.41, 5.74) is 1.60. The van der Waals surface area contributed by atoms with Gasteiger partial charge in [0.1, 0.15) is 0 Å². The van der Waals surface area contributed by atoms with Crippen LogP contribution in [0, 0.1) is 0 Å². The van der Waals surface area contributed by atoms with E-state index in [4.69, 9.17) is 23.2 Å². The van der Waals surface area contributed by atoms with E-state index in [0.29, 0.717) is 22.3 Å². The molecular formula is C14H10Cl2NO. The Morgan fingerprint density at radius 1 is 1.06 bits per heavy atom. The lowest BCUT2D eigenvalue weighted by molar-refractivity contribution is 0.551. The van der Waals surface area contributed by atoms with Crippen molar-refractivity contribution in [1.29, 1.82) is 0 Å². The highest BCUT2D eigenvalue weighted by molar-refractivity contribution is 6.36. The van der Waals surface area contributed by atoms with Crippen LogP contribution in [-0.4, -0.2) is 6.41 Å². The van der Waals surface area contributed by atoms with E-state index in [0.717, 1.165) is 5.56 Å². The van der Waals surface area contributed by atoms with Gasteiger partial charge >= 0.3 is 6.41 Å². The van der Waals surface area contributed by atoms with Gasteiger partial charge < -0.3 is 0 Å². The largest absolute Gasteiger partial charge is 0.317 e. The van der Waals surface area contributed by atoms with Crippen LogP contribution in [0.15, 0.2) is 48.5 Å². The van der Waals surface area contributed by atoms with E-state index in [1.165, 1.54) is 4.90 Å². The van der Waals surface area contributed by atoms with Crippen LogP contribution in [0.25, 0.3) is 0 Å². The fourth-order valence-electron chi connectivity index (χ4n) is 1.63. The summed E-state index contributed by atoms with van der Waals surface area (Å²) in [6.07, 6.45) is 1.88. The average Bonchev–Trinajstić information content (AvgIpc) is 2.38. The summed E-state index contributed by atoms with van der Waals surface area (Å²) < 4.78 is 0. The number of hydrogen-bond donors (Lipinski definition) is 0.